The highest BCUT2D eigenvalue weighted by Crippen LogP contribution is 2.52. The molecular formula is C26H27NO4S2. The normalized spacial score (nSPS) is 19.4. The van der Waals surface area contributed by atoms with Gasteiger partial charge in [-0.15, -0.1) is 11.8 Å². The number of benzene rings is 3. The van der Waals surface area contributed by atoms with Crippen molar-refractivity contribution in [2.75, 3.05) is 12.8 Å². The first-order valence-electron chi connectivity index (χ1n) is 10.8. The van der Waals surface area contributed by atoms with Crippen LogP contribution in [0.2, 0.25) is 0 Å². The number of carboxylic acid groups (broad SMARTS) is 1. The summed E-state index contributed by atoms with van der Waals surface area (Å²) in [6.07, 6.45) is 1.45. The third kappa shape index (κ3) is 5.00. The van der Waals surface area contributed by atoms with Crippen molar-refractivity contribution >= 4 is 27.8 Å². The van der Waals surface area contributed by atoms with Crippen LogP contribution in [0.4, 0.5) is 0 Å². The molecule has 0 saturated carbocycles. The fourth-order valence-electron chi connectivity index (χ4n) is 4.70. The molecular weight excluding hydrogens is 454 g/mol. The highest BCUT2D eigenvalue weighted by atomic mass is 32.2. The lowest BCUT2D eigenvalue weighted by Gasteiger charge is -2.37. The van der Waals surface area contributed by atoms with E-state index in [9.17, 15) is 18.3 Å². The molecule has 1 saturated heterocycles. The SMILES string of the molecule is CS(=O)(=O)N1CC(SC(c2ccccc2)(c2ccccc2)c2ccccc2)CC1CC(=O)O. The molecule has 7 heteroatoms. The standard InChI is InChI=1S/C26H27NO4S2/c1-33(30,31)27-19-24(17-23(27)18-25(28)29)32-26(20-11-5-2-6-12-20,21-13-7-3-8-14-21)22-15-9-4-10-16-22/h2-16,23-24H,17-19H2,1H3,(H,28,29). The highest BCUT2D eigenvalue weighted by Gasteiger charge is 2.45. The molecule has 33 heavy (non-hydrogen) atoms. The first-order valence-corrected chi connectivity index (χ1v) is 13.6. The molecule has 1 aliphatic rings. The molecule has 0 aliphatic carbocycles. The van der Waals surface area contributed by atoms with Gasteiger partial charge in [0.1, 0.15) is 0 Å². The van der Waals surface area contributed by atoms with E-state index in [4.69, 9.17) is 0 Å². The van der Waals surface area contributed by atoms with Crippen molar-refractivity contribution in [3.8, 4) is 0 Å². The lowest BCUT2D eigenvalue weighted by atomic mass is 9.84. The Bertz CT molecular complexity index is 1090. The fraction of sp³-hybridized carbons (Fsp3) is 0.269. The first-order chi connectivity index (χ1) is 15.8. The third-order valence-corrected chi connectivity index (χ3v) is 9.08. The molecule has 0 spiro atoms. The maximum Gasteiger partial charge on any atom is 0.304 e. The minimum absolute atomic E-state index is 0.0790. The van der Waals surface area contributed by atoms with Crippen LogP contribution in [0, 0.1) is 0 Å². The molecule has 0 amide bonds. The van der Waals surface area contributed by atoms with Crippen molar-refractivity contribution < 1.29 is 18.3 Å². The van der Waals surface area contributed by atoms with Gasteiger partial charge in [-0.3, -0.25) is 4.79 Å². The number of carboxylic acids is 1. The molecule has 1 fully saturated rings. The van der Waals surface area contributed by atoms with Crippen LogP contribution >= 0.6 is 11.8 Å². The molecule has 1 N–H and O–H groups in total. The molecule has 3 aromatic carbocycles. The van der Waals surface area contributed by atoms with E-state index in [0.29, 0.717) is 6.42 Å². The average molecular weight is 482 g/mol. The molecule has 0 aromatic heterocycles. The number of hydrogen-bond acceptors (Lipinski definition) is 4. The minimum atomic E-state index is -3.52. The van der Waals surface area contributed by atoms with Crippen LogP contribution in [0.25, 0.3) is 0 Å². The summed E-state index contributed by atoms with van der Waals surface area (Å²) < 4.78 is 25.7. The molecule has 2 atom stereocenters. The zero-order chi connectivity index (χ0) is 23.5. The Balaban J connectivity index is 1.83. The van der Waals surface area contributed by atoms with Crippen molar-refractivity contribution in [2.45, 2.75) is 28.9 Å². The molecule has 172 valence electrons. The summed E-state index contributed by atoms with van der Waals surface area (Å²) in [6, 6.07) is 30.1. The van der Waals surface area contributed by atoms with Gasteiger partial charge in [-0.05, 0) is 23.1 Å². The van der Waals surface area contributed by atoms with Gasteiger partial charge in [0.2, 0.25) is 10.0 Å². The second kappa shape index (κ2) is 9.71. The van der Waals surface area contributed by atoms with Crippen molar-refractivity contribution in [1.29, 1.82) is 0 Å². The maximum atomic E-state index is 12.5. The highest BCUT2D eigenvalue weighted by molar-refractivity contribution is 8.01. The minimum Gasteiger partial charge on any atom is -0.481 e. The smallest absolute Gasteiger partial charge is 0.304 e. The van der Waals surface area contributed by atoms with Gasteiger partial charge in [0, 0.05) is 17.8 Å². The van der Waals surface area contributed by atoms with Crippen LogP contribution in [0.5, 0.6) is 0 Å². The van der Waals surface area contributed by atoms with Crippen molar-refractivity contribution in [3.05, 3.63) is 108 Å². The zero-order valence-corrected chi connectivity index (χ0v) is 20.0. The Labute approximate surface area is 199 Å². The lowest BCUT2D eigenvalue weighted by molar-refractivity contribution is -0.137. The van der Waals surface area contributed by atoms with Gasteiger partial charge in [0.05, 0.1) is 17.4 Å². The lowest BCUT2D eigenvalue weighted by Crippen LogP contribution is -2.36. The Hall–Kier alpha value is -2.61. The Kier molecular flexibility index (Phi) is 6.93. The molecule has 1 heterocycles. The van der Waals surface area contributed by atoms with E-state index in [0.717, 1.165) is 22.9 Å². The van der Waals surface area contributed by atoms with E-state index in [1.807, 2.05) is 54.6 Å². The largest absolute Gasteiger partial charge is 0.481 e. The summed E-state index contributed by atoms with van der Waals surface area (Å²) >= 11 is 1.71. The molecule has 0 radical (unpaired) electrons. The van der Waals surface area contributed by atoms with E-state index in [2.05, 4.69) is 36.4 Å². The first kappa shape index (κ1) is 23.5. The van der Waals surface area contributed by atoms with E-state index in [-0.39, 0.29) is 18.2 Å². The quantitative estimate of drug-likeness (QED) is 0.477. The predicted octanol–water partition coefficient (Wildman–Crippen LogP) is 4.59. The topological polar surface area (TPSA) is 74.7 Å². The van der Waals surface area contributed by atoms with Gasteiger partial charge < -0.3 is 5.11 Å². The van der Waals surface area contributed by atoms with Crippen molar-refractivity contribution in [3.63, 3.8) is 0 Å². The zero-order valence-electron chi connectivity index (χ0n) is 18.4. The van der Waals surface area contributed by atoms with Gasteiger partial charge in [-0.1, -0.05) is 91.0 Å². The number of rotatable bonds is 8. The summed E-state index contributed by atoms with van der Waals surface area (Å²) in [4.78, 5) is 11.5. The molecule has 5 nitrogen and oxygen atoms in total. The second-order valence-electron chi connectivity index (χ2n) is 8.34. The number of aliphatic carboxylic acids is 1. The molecule has 1 aliphatic heterocycles. The molecule has 4 rings (SSSR count). The Morgan fingerprint density at radius 1 is 0.909 bits per heavy atom. The van der Waals surface area contributed by atoms with Gasteiger partial charge in [0.15, 0.2) is 0 Å². The number of carbonyl (C=O) groups is 1. The van der Waals surface area contributed by atoms with Crippen LogP contribution < -0.4 is 0 Å². The number of sulfonamides is 1. The predicted molar refractivity (Wildman–Crippen MR) is 133 cm³/mol. The van der Waals surface area contributed by atoms with Gasteiger partial charge in [0.25, 0.3) is 0 Å². The van der Waals surface area contributed by atoms with Crippen molar-refractivity contribution in [2.24, 2.45) is 0 Å². The van der Waals surface area contributed by atoms with Gasteiger partial charge >= 0.3 is 5.97 Å². The van der Waals surface area contributed by atoms with E-state index >= 15 is 0 Å². The van der Waals surface area contributed by atoms with E-state index < -0.39 is 26.8 Å². The molecule has 3 aromatic rings. The van der Waals surface area contributed by atoms with Crippen molar-refractivity contribution in [1.82, 2.24) is 4.31 Å². The van der Waals surface area contributed by atoms with Crippen LogP contribution in [0.3, 0.4) is 0 Å². The second-order valence-corrected chi connectivity index (χ2v) is 11.8. The Morgan fingerprint density at radius 2 is 1.33 bits per heavy atom. The van der Waals surface area contributed by atoms with Crippen LogP contribution in [-0.2, 0) is 19.6 Å². The van der Waals surface area contributed by atoms with Gasteiger partial charge in [-0.2, -0.15) is 4.31 Å². The van der Waals surface area contributed by atoms with Crippen LogP contribution in [0.15, 0.2) is 91.0 Å². The third-order valence-electron chi connectivity index (χ3n) is 6.05. The molecule has 2 unspecified atom stereocenters. The number of hydrogen-bond donors (Lipinski definition) is 1. The number of nitrogens with zero attached hydrogens (tertiary/aromatic N) is 1. The van der Waals surface area contributed by atoms with Gasteiger partial charge in [-0.25, -0.2) is 8.42 Å². The average Bonchev–Trinajstić information content (AvgIpc) is 3.21. The Morgan fingerprint density at radius 3 is 1.70 bits per heavy atom. The van der Waals surface area contributed by atoms with Crippen LogP contribution in [-0.4, -0.2) is 47.9 Å². The van der Waals surface area contributed by atoms with E-state index in [1.165, 1.54) is 4.31 Å². The maximum absolute atomic E-state index is 12.5. The summed E-state index contributed by atoms with van der Waals surface area (Å²) in [5, 5.41) is 9.30. The number of thioether (sulfide) groups is 1. The van der Waals surface area contributed by atoms with Crippen LogP contribution in [0.1, 0.15) is 29.5 Å². The van der Waals surface area contributed by atoms with E-state index in [1.54, 1.807) is 11.8 Å². The summed E-state index contributed by atoms with van der Waals surface area (Å²) in [5.41, 5.74) is 3.29. The summed E-state index contributed by atoms with van der Waals surface area (Å²) in [5.74, 6) is -0.986. The fourth-order valence-corrected chi connectivity index (χ4v) is 7.81. The summed E-state index contributed by atoms with van der Waals surface area (Å²) in [6.45, 7) is 0.287. The molecule has 0 bridgehead atoms. The monoisotopic (exact) mass is 481 g/mol. The summed E-state index contributed by atoms with van der Waals surface area (Å²) in [7, 11) is -3.52.